The highest BCUT2D eigenvalue weighted by atomic mass is 16.5. The number of ether oxygens (including phenoxy) is 1. The van der Waals surface area contributed by atoms with Crippen molar-refractivity contribution >= 4 is 11.4 Å². The Morgan fingerprint density at radius 2 is 2.22 bits per heavy atom. The fourth-order valence-electron chi connectivity index (χ4n) is 1.76. The maximum atomic E-state index is 5.95. The summed E-state index contributed by atoms with van der Waals surface area (Å²) in [4.78, 5) is 0. The van der Waals surface area contributed by atoms with Crippen LogP contribution in [0.4, 0.5) is 11.4 Å². The molecule has 0 saturated heterocycles. The molecular weight excluding hydrogens is 228 g/mol. The summed E-state index contributed by atoms with van der Waals surface area (Å²) in [5.41, 5.74) is 8.61. The van der Waals surface area contributed by atoms with Crippen LogP contribution in [0.5, 0.6) is 0 Å². The Morgan fingerprint density at radius 1 is 1.33 bits per heavy atom. The molecule has 0 aliphatic rings. The predicted molar refractivity (Wildman–Crippen MR) is 73.5 cm³/mol. The number of benzene rings is 1. The van der Waals surface area contributed by atoms with Crippen molar-refractivity contribution in [3.05, 3.63) is 36.6 Å². The van der Waals surface area contributed by atoms with Gasteiger partial charge in [-0.2, -0.15) is 0 Å². The quantitative estimate of drug-likeness (QED) is 0.607. The minimum atomic E-state index is 0.715. The average molecular weight is 246 g/mol. The number of methoxy groups -OCH3 is 1. The smallest absolute Gasteiger partial charge is 0.135 e. The summed E-state index contributed by atoms with van der Waals surface area (Å²) in [5.74, 6) is 0.785. The standard InChI is InChI=1S/C14H18N2O2/c1-17-8-3-7-16-11-5-6-13(15)12(10-11)14-4-2-9-18-14/h2,4-6,9-10,16H,3,7-8,15H2,1H3. The van der Waals surface area contributed by atoms with Gasteiger partial charge in [0.1, 0.15) is 5.76 Å². The maximum absolute atomic E-state index is 5.95. The van der Waals surface area contributed by atoms with E-state index in [9.17, 15) is 0 Å². The van der Waals surface area contributed by atoms with E-state index < -0.39 is 0 Å². The first-order valence-electron chi connectivity index (χ1n) is 5.97. The average Bonchev–Trinajstić information content (AvgIpc) is 2.90. The van der Waals surface area contributed by atoms with Gasteiger partial charge in [-0.1, -0.05) is 0 Å². The van der Waals surface area contributed by atoms with Gasteiger partial charge in [0.2, 0.25) is 0 Å². The van der Waals surface area contributed by atoms with E-state index >= 15 is 0 Å². The number of rotatable bonds is 6. The van der Waals surface area contributed by atoms with Crippen molar-refractivity contribution in [2.24, 2.45) is 0 Å². The fraction of sp³-hybridized carbons (Fsp3) is 0.286. The van der Waals surface area contributed by atoms with Crippen LogP contribution in [0, 0.1) is 0 Å². The van der Waals surface area contributed by atoms with E-state index in [1.54, 1.807) is 13.4 Å². The molecule has 4 heteroatoms. The Kier molecular flexibility index (Phi) is 4.25. The largest absolute Gasteiger partial charge is 0.464 e. The van der Waals surface area contributed by atoms with Crippen LogP contribution in [0.25, 0.3) is 11.3 Å². The molecule has 1 aromatic heterocycles. The molecule has 2 rings (SSSR count). The molecule has 0 aliphatic carbocycles. The van der Waals surface area contributed by atoms with E-state index in [1.807, 2.05) is 30.3 Å². The second-order valence-corrected chi connectivity index (χ2v) is 4.05. The third-order valence-electron chi connectivity index (χ3n) is 2.69. The van der Waals surface area contributed by atoms with E-state index in [0.29, 0.717) is 5.69 Å². The third kappa shape index (κ3) is 3.05. The highest BCUT2D eigenvalue weighted by molar-refractivity contribution is 5.76. The van der Waals surface area contributed by atoms with Gasteiger partial charge in [0.15, 0.2) is 0 Å². The molecule has 96 valence electrons. The molecule has 3 N–H and O–H groups in total. The lowest BCUT2D eigenvalue weighted by Gasteiger charge is -2.09. The van der Waals surface area contributed by atoms with Crippen LogP contribution in [0.2, 0.25) is 0 Å². The van der Waals surface area contributed by atoms with Crippen molar-refractivity contribution in [1.82, 2.24) is 0 Å². The molecule has 0 bridgehead atoms. The van der Waals surface area contributed by atoms with Gasteiger partial charge < -0.3 is 20.2 Å². The van der Waals surface area contributed by atoms with Crippen LogP contribution in [0.3, 0.4) is 0 Å². The Morgan fingerprint density at radius 3 is 2.94 bits per heavy atom. The minimum Gasteiger partial charge on any atom is -0.464 e. The first-order valence-corrected chi connectivity index (χ1v) is 5.97. The van der Waals surface area contributed by atoms with Crippen molar-refractivity contribution in [2.45, 2.75) is 6.42 Å². The van der Waals surface area contributed by atoms with E-state index in [4.69, 9.17) is 14.9 Å². The first-order chi connectivity index (χ1) is 8.81. The zero-order valence-corrected chi connectivity index (χ0v) is 10.5. The number of hydrogen-bond acceptors (Lipinski definition) is 4. The monoisotopic (exact) mass is 246 g/mol. The van der Waals surface area contributed by atoms with Gasteiger partial charge in [-0.15, -0.1) is 0 Å². The van der Waals surface area contributed by atoms with E-state index in [1.165, 1.54) is 0 Å². The lowest BCUT2D eigenvalue weighted by atomic mass is 10.1. The molecule has 1 aromatic carbocycles. The van der Waals surface area contributed by atoms with Gasteiger partial charge >= 0.3 is 0 Å². The summed E-state index contributed by atoms with van der Waals surface area (Å²) < 4.78 is 10.4. The zero-order valence-electron chi connectivity index (χ0n) is 10.5. The highest BCUT2D eigenvalue weighted by Gasteiger charge is 2.06. The summed E-state index contributed by atoms with van der Waals surface area (Å²) in [6.45, 7) is 1.63. The number of nitrogens with one attached hydrogen (secondary N) is 1. The molecule has 0 atom stereocenters. The molecule has 0 aliphatic heterocycles. The molecule has 1 heterocycles. The Balaban J connectivity index is 2.07. The topological polar surface area (TPSA) is 60.4 Å². The molecular formula is C14H18N2O2. The van der Waals surface area contributed by atoms with Crippen LogP contribution in [0.1, 0.15) is 6.42 Å². The molecule has 0 saturated carbocycles. The molecule has 2 aromatic rings. The van der Waals surface area contributed by atoms with E-state index in [0.717, 1.165) is 36.6 Å². The van der Waals surface area contributed by atoms with Gasteiger partial charge in [-0.25, -0.2) is 0 Å². The van der Waals surface area contributed by atoms with Crippen LogP contribution in [-0.2, 0) is 4.74 Å². The second-order valence-electron chi connectivity index (χ2n) is 4.05. The summed E-state index contributed by atoms with van der Waals surface area (Å²) in [7, 11) is 1.71. The number of hydrogen-bond donors (Lipinski definition) is 2. The summed E-state index contributed by atoms with van der Waals surface area (Å²) in [5, 5.41) is 3.33. The molecule has 18 heavy (non-hydrogen) atoms. The van der Waals surface area contributed by atoms with Gasteiger partial charge in [0, 0.05) is 37.2 Å². The zero-order chi connectivity index (χ0) is 12.8. The Labute approximate surface area is 107 Å². The number of nitrogens with two attached hydrogens (primary N) is 1. The molecule has 0 fully saturated rings. The van der Waals surface area contributed by atoms with Gasteiger partial charge in [0.05, 0.1) is 6.26 Å². The van der Waals surface area contributed by atoms with Gasteiger partial charge in [0.25, 0.3) is 0 Å². The SMILES string of the molecule is COCCCNc1ccc(N)c(-c2ccco2)c1. The van der Waals surface area contributed by atoms with Crippen molar-refractivity contribution in [1.29, 1.82) is 0 Å². The number of furan rings is 1. The summed E-state index contributed by atoms with van der Waals surface area (Å²) >= 11 is 0. The van der Waals surface area contributed by atoms with Gasteiger partial charge in [-0.3, -0.25) is 0 Å². The Bertz CT molecular complexity index is 481. The molecule has 0 radical (unpaired) electrons. The molecule has 4 nitrogen and oxygen atoms in total. The lowest BCUT2D eigenvalue weighted by Crippen LogP contribution is -2.04. The molecule has 0 spiro atoms. The predicted octanol–water partition coefficient (Wildman–Crippen LogP) is 2.98. The van der Waals surface area contributed by atoms with Crippen LogP contribution >= 0.6 is 0 Å². The van der Waals surface area contributed by atoms with Crippen molar-refractivity contribution < 1.29 is 9.15 Å². The van der Waals surface area contributed by atoms with Crippen LogP contribution in [-0.4, -0.2) is 20.3 Å². The highest BCUT2D eigenvalue weighted by Crippen LogP contribution is 2.29. The summed E-state index contributed by atoms with van der Waals surface area (Å²) in [6, 6.07) is 9.61. The summed E-state index contributed by atoms with van der Waals surface area (Å²) in [6.07, 6.45) is 2.62. The first kappa shape index (κ1) is 12.5. The number of anilines is 2. The van der Waals surface area contributed by atoms with E-state index in [-0.39, 0.29) is 0 Å². The Hall–Kier alpha value is -1.94. The van der Waals surface area contributed by atoms with Crippen LogP contribution < -0.4 is 11.1 Å². The fourth-order valence-corrected chi connectivity index (χ4v) is 1.76. The van der Waals surface area contributed by atoms with Crippen LogP contribution in [0.15, 0.2) is 41.0 Å². The molecule has 0 unspecified atom stereocenters. The maximum Gasteiger partial charge on any atom is 0.135 e. The third-order valence-corrected chi connectivity index (χ3v) is 2.69. The van der Waals surface area contributed by atoms with Crippen molar-refractivity contribution in [3.63, 3.8) is 0 Å². The van der Waals surface area contributed by atoms with E-state index in [2.05, 4.69) is 5.32 Å². The van der Waals surface area contributed by atoms with Crippen molar-refractivity contribution in [3.8, 4) is 11.3 Å². The van der Waals surface area contributed by atoms with Crippen molar-refractivity contribution in [2.75, 3.05) is 31.3 Å². The molecule has 0 amide bonds. The van der Waals surface area contributed by atoms with Gasteiger partial charge in [-0.05, 0) is 36.8 Å². The number of nitrogen functional groups attached to an aromatic ring is 1. The second kappa shape index (κ2) is 6.12. The minimum absolute atomic E-state index is 0.715. The lowest BCUT2D eigenvalue weighted by molar-refractivity contribution is 0.198. The normalized spacial score (nSPS) is 10.5.